The molecule has 0 aromatic heterocycles. The van der Waals surface area contributed by atoms with Crippen LogP contribution in [0, 0.1) is 19.7 Å². The molecule has 0 fully saturated rings. The Morgan fingerprint density at radius 3 is 2.20 bits per heavy atom. The van der Waals surface area contributed by atoms with E-state index in [9.17, 15) is 26.0 Å². The lowest BCUT2D eigenvalue weighted by Gasteiger charge is -2.23. The Hall–Kier alpha value is -2.50. The largest absolute Gasteiger partial charge is 0.326 e. The summed E-state index contributed by atoms with van der Waals surface area (Å²) in [6, 6.07) is 8.11. The number of hydrogen-bond acceptors (Lipinski definition) is 5. The maximum atomic E-state index is 12.9. The van der Waals surface area contributed by atoms with Gasteiger partial charge in [-0.1, -0.05) is 6.07 Å². The summed E-state index contributed by atoms with van der Waals surface area (Å²) in [4.78, 5) is 11.9. The molecule has 11 heteroatoms. The highest BCUT2D eigenvalue weighted by Gasteiger charge is 2.24. The van der Waals surface area contributed by atoms with E-state index in [2.05, 4.69) is 10.0 Å². The summed E-state index contributed by atoms with van der Waals surface area (Å²) < 4.78 is 65.5. The van der Waals surface area contributed by atoms with Gasteiger partial charge in [0, 0.05) is 25.7 Å². The Kier molecular flexibility index (Phi) is 7.22. The Morgan fingerprint density at radius 2 is 1.63 bits per heavy atom. The van der Waals surface area contributed by atoms with Gasteiger partial charge >= 0.3 is 0 Å². The topological polar surface area (TPSA) is 113 Å². The van der Waals surface area contributed by atoms with Crippen molar-refractivity contribution in [3.8, 4) is 0 Å². The molecular weight excluding hydrogens is 433 g/mol. The van der Waals surface area contributed by atoms with E-state index >= 15 is 0 Å². The van der Waals surface area contributed by atoms with Crippen LogP contribution in [0.3, 0.4) is 0 Å². The van der Waals surface area contributed by atoms with Gasteiger partial charge in [-0.05, 0) is 55.3 Å². The Balaban J connectivity index is 2.12. The molecule has 0 unspecified atom stereocenters. The van der Waals surface area contributed by atoms with Gasteiger partial charge in [0.2, 0.25) is 26.0 Å². The molecule has 2 aromatic carbocycles. The molecule has 164 valence electrons. The number of amides is 1. The molecule has 0 spiro atoms. The van der Waals surface area contributed by atoms with E-state index in [-0.39, 0.29) is 29.1 Å². The number of sulfonamides is 2. The molecular formula is C19H24FN3O5S2. The maximum Gasteiger partial charge on any atom is 0.240 e. The van der Waals surface area contributed by atoms with E-state index < -0.39 is 31.8 Å². The van der Waals surface area contributed by atoms with Crippen molar-refractivity contribution in [2.45, 2.75) is 25.2 Å². The first-order chi connectivity index (χ1) is 13.8. The number of carbonyl (C=O) groups is 1. The Bertz CT molecular complexity index is 1150. The van der Waals surface area contributed by atoms with Crippen molar-refractivity contribution in [2.24, 2.45) is 0 Å². The van der Waals surface area contributed by atoms with Crippen LogP contribution >= 0.6 is 0 Å². The highest BCUT2D eigenvalue weighted by atomic mass is 32.2. The van der Waals surface area contributed by atoms with Crippen LogP contribution in [-0.4, -0.2) is 42.6 Å². The molecule has 0 aliphatic heterocycles. The maximum absolute atomic E-state index is 12.9. The van der Waals surface area contributed by atoms with Gasteiger partial charge in [0.25, 0.3) is 0 Å². The average molecular weight is 458 g/mol. The van der Waals surface area contributed by atoms with E-state index in [0.29, 0.717) is 11.3 Å². The standard InChI is InChI=1S/C19H24FN3O5S2/c1-13-5-10-17(14(2)19(13)23(3)29(4,25)26)30(27,28)21-12-11-18(24)22-16-8-6-15(20)7-9-16/h5-10,21H,11-12H2,1-4H3,(H,22,24). The van der Waals surface area contributed by atoms with Gasteiger partial charge in [0.15, 0.2) is 0 Å². The molecule has 8 nitrogen and oxygen atoms in total. The Labute approximate surface area is 176 Å². The van der Waals surface area contributed by atoms with Gasteiger partial charge in [-0.15, -0.1) is 0 Å². The van der Waals surface area contributed by atoms with E-state index in [1.165, 1.54) is 50.4 Å². The zero-order chi connectivity index (χ0) is 22.7. The molecule has 0 heterocycles. The van der Waals surface area contributed by atoms with Gasteiger partial charge in [-0.3, -0.25) is 9.10 Å². The normalized spacial score (nSPS) is 11.9. The number of aryl methyl sites for hydroxylation is 1. The minimum absolute atomic E-state index is 0.0717. The van der Waals surface area contributed by atoms with E-state index in [1.54, 1.807) is 6.92 Å². The van der Waals surface area contributed by atoms with Crippen LogP contribution in [-0.2, 0) is 24.8 Å². The van der Waals surface area contributed by atoms with Gasteiger partial charge < -0.3 is 5.32 Å². The molecule has 0 bridgehead atoms. The van der Waals surface area contributed by atoms with Crippen molar-refractivity contribution in [1.82, 2.24) is 4.72 Å². The molecule has 1 amide bonds. The van der Waals surface area contributed by atoms with Crippen molar-refractivity contribution in [2.75, 3.05) is 29.5 Å². The summed E-state index contributed by atoms with van der Waals surface area (Å²) in [5, 5.41) is 2.54. The van der Waals surface area contributed by atoms with Crippen molar-refractivity contribution in [3.63, 3.8) is 0 Å². The van der Waals surface area contributed by atoms with Crippen LogP contribution in [0.1, 0.15) is 17.5 Å². The number of benzene rings is 2. The first kappa shape index (κ1) is 23.8. The van der Waals surface area contributed by atoms with Crippen LogP contribution in [0.5, 0.6) is 0 Å². The molecule has 30 heavy (non-hydrogen) atoms. The molecule has 0 atom stereocenters. The highest BCUT2D eigenvalue weighted by molar-refractivity contribution is 7.92. The highest BCUT2D eigenvalue weighted by Crippen LogP contribution is 2.30. The monoisotopic (exact) mass is 457 g/mol. The summed E-state index contributed by atoms with van der Waals surface area (Å²) in [6.45, 7) is 3.05. The van der Waals surface area contributed by atoms with E-state index in [4.69, 9.17) is 0 Å². The van der Waals surface area contributed by atoms with Gasteiger partial charge in [0.1, 0.15) is 5.82 Å². The fourth-order valence-corrected chi connectivity index (χ4v) is 4.78. The predicted octanol–water partition coefficient (Wildman–Crippen LogP) is 2.15. The lowest BCUT2D eigenvalue weighted by molar-refractivity contribution is -0.116. The molecule has 0 saturated carbocycles. The average Bonchev–Trinajstić information content (AvgIpc) is 2.62. The fraction of sp³-hybridized carbons (Fsp3) is 0.316. The number of carbonyl (C=O) groups excluding carboxylic acids is 1. The lowest BCUT2D eigenvalue weighted by atomic mass is 10.1. The van der Waals surface area contributed by atoms with Crippen LogP contribution in [0.15, 0.2) is 41.3 Å². The molecule has 0 aliphatic rings. The minimum Gasteiger partial charge on any atom is -0.326 e. The molecule has 2 aromatic rings. The van der Waals surface area contributed by atoms with Crippen molar-refractivity contribution in [1.29, 1.82) is 0 Å². The zero-order valence-electron chi connectivity index (χ0n) is 17.1. The van der Waals surface area contributed by atoms with Crippen molar-refractivity contribution < 1.29 is 26.0 Å². The second-order valence-electron chi connectivity index (χ2n) is 6.79. The third-order valence-corrected chi connectivity index (χ3v) is 7.24. The first-order valence-electron chi connectivity index (χ1n) is 8.92. The van der Waals surface area contributed by atoms with Crippen molar-refractivity contribution >= 4 is 37.3 Å². The minimum atomic E-state index is -3.98. The zero-order valence-corrected chi connectivity index (χ0v) is 18.7. The summed E-state index contributed by atoms with van der Waals surface area (Å²) >= 11 is 0. The number of nitrogens with one attached hydrogen (secondary N) is 2. The van der Waals surface area contributed by atoms with Crippen LogP contribution in [0.4, 0.5) is 15.8 Å². The third kappa shape index (κ3) is 5.77. The number of anilines is 2. The number of nitrogens with zero attached hydrogens (tertiary/aromatic N) is 1. The van der Waals surface area contributed by atoms with Crippen LogP contribution in [0.2, 0.25) is 0 Å². The van der Waals surface area contributed by atoms with Crippen molar-refractivity contribution in [3.05, 3.63) is 53.3 Å². The van der Waals surface area contributed by atoms with E-state index in [0.717, 1.165) is 10.6 Å². The summed E-state index contributed by atoms with van der Waals surface area (Å²) in [7, 11) is -6.21. The van der Waals surface area contributed by atoms with E-state index in [1.807, 2.05) is 0 Å². The fourth-order valence-electron chi connectivity index (χ4n) is 2.89. The second kappa shape index (κ2) is 9.11. The lowest BCUT2D eigenvalue weighted by Crippen LogP contribution is -2.30. The SMILES string of the molecule is Cc1ccc(S(=O)(=O)NCCC(=O)Nc2ccc(F)cc2)c(C)c1N(C)S(C)(=O)=O. The molecule has 2 rings (SSSR count). The van der Waals surface area contributed by atoms with Crippen LogP contribution < -0.4 is 14.3 Å². The van der Waals surface area contributed by atoms with Crippen LogP contribution in [0.25, 0.3) is 0 Å². The van der Waals surface area contributed by atoms with Gasteiger partial charge in [-0.25, -0.2) is 25.9 Å². The quantitative estimate of drug-likeness (QED) is 0.631. The summed E-state index contributed by atoms with van der Waals surface area (Å²) in [6.07, 6.45) is 0.892. The van der Waals surface area contributed by atoms with Gasteiger partial charge in [0.05, 0.1) is 16.8 Å². The number of rotatable bonds is 8. The smallest absolute Gasteiger partial charge is 0.240 e. The number of hydrogen-bond donors (Lipinski definition) is 2. The molecule has 2 N–H and O–H groups in total. The molecule has 0 radical (unpaired) electrons. The summed E-state index contributed by atoms with van der Waals surface area (Å²) in [5.74, 6) is -0.877. The Morgan fingerprint density at radius 1 is 1.03 bits per heavy atom. The molecule has 0 saturated heterocycles. The molecule has 0 aliphatic carbocycles. The summed E-state index contributed by atoms with van der Waals surface area (Å²) in [5.41, 5.74) is 1.57. The second-order valence-corrected chi connectivity index (χ2v) is 10.5. The van der Waals surface area contributed by atoms with Gasteiger partial charge in [-0.2, -0.15) is 0 Å². The predicted molar refractivity (Wildman–Crippen MR) is 114 cm³/mol. The number of halogens is 1. The first-order valence-corrected chi connectivity index (χ1v) is 12.3. The third-order valence-electron chi connectivity index (χ3n) is 4.46.